The van der Waals surface area contributed by atoms with E-state index in [1.807, 2.05) is 71.6 Å². The molecule has 36 heavy (non-hydrogen) atoms. The zero-order valence-corrected chi connectivity index (χ0v) is 20.7. The van der Waals surface area contributed by atoms with Gasteiger partial charge in [-0.1, -0.05) is 86.8 Å². The van der Waals surface area contributed by atoms with Crippen LogP contribution < -0.4 is 0 Å². The molecule has 1 fully saturated rings. The van der Waals surface area contributed by atoms with Gasteiger partial charge in [-0.2, -0.15) is 0 Å². The third-order valence-corrected chi connectivity index (χ3v) is 7.45. The molecule has 1 spiro atoms. The van der Waals surface area contributed by atoms with E-state index in [0.717, 1.165) is 73.0 Å². The molecule has 1 saturated carbocycles. The number of unbranched alkanes of at least 4 members (excludes halogenated alkanes) is 1. The summed E-state index contributed by atoms with van der Waals surface area (Å²) >= 11 is 0. The van der Waals surface area contributed by atoms with Crippen molar-refractivity contribution in [2.45, 2.75) is 64.0 Å². The van der Waals surface area contributed by atoms with Crippen LogP contribution in [0.1, 0.15) is 67.8 Å². The fourth-order valence-corrected chi connectivity index (χ4v) is 5.45. The molecule has 0 saturated heterocycles. The molecule has 0 aromatic heterocycles. The van der Waals surface area contributed by atoms with Crippen LogP contribution in [0.25, 0.3) is 22.3 Å². The molecule has 1 heterocycles. The summed E-state index contributed by atoms with van der Waals surface area (Å²) in [5.74, 6) is 0.130. The maximum atomic E-state index is 13.4. The van der Waals surface area contributed by atoms with Gasteiger partial charge in [0.05, 0.1) is 12.1 Å². The van der Waals surface area contributed by atoms with Crippen LogP contribution in [-0.4, -0.2) is 33.3 Å². The fourth-order valence-electron chi connectivity index (χ4n) is 5.45. The molecule has 1 aliphatic carbocycles. The lowest BCUT2D eigenvalue weighted by Gasteiger charge is -2.23. The summed E-state index contributed by atoms with van der Waals surface area (Å²) in [5, 5.41) is 9.81. The maximum absolute atomic E-state index is 13.4. The van der Waals surface area contributed by atoms with Crippen LogP contribution in [0.2, 0.25) is 0 Å². The molecule has 5 rings (SSSR count). The molecular formula is C31H32N2O3. The summed E-state index contributed by atoms with van der Waals surface area (Å²) in [6.07, 6.45) is 6.75. The van der Waals surface area contributed by atoms with Gasteiger partial charge in [0.2, 0.25) is 0 Å². The Balaban J connectivity index is 1.42. The van der Waals surface area contributed by atoms with Crippen molar-refractivity contribution in [3.8, 4) is 22.3 Å². The minimum absolute atomic E-state index is 0.152. The highest BCUT2D eigenvalue weighted by molar-refractivity contribution is 6.08. The van der Waals surface area contributed by atoms with Gasteiger partial charge in [-0.25, -0.2) is 4.79 Å². The minimum Gasteiger partial charge on any atom is -0.478 e. The van der Waals surface area contributed by atoms with E-state index in [1.54, 1.807) is 6.07 Å². The predicted molar refractivity (Wildman–Crippen MR) is 143 cm³/mol. The van der Waals surface area contributed by atoms with Gasteiger partial charge in [-0.3, -0.25) is 14.7 Å². The highest BCUT2D eigenvalue weighted by Gasteiger charge is 2.49. The van der Waals surface area contributed by atoms with E-state index in [4.69, 9.17) is 4.99 Å². The Hall–Kier alpha value is -3.73. The topological polar surface area (TPSA) is 70.0 Å². The second kappa shape index (κ2) is 10.1. The smallest absolute Gasteiger partial charge is 0.336 e. The molecule has 1 aliphatic heterocycles. The molecule has 1 amide bonds. The summed E-state index contributed by atoms with van der Waals surface area (Å²) < 4.78 is 0. The molecule has 0 radical (unpaired) electrons. The highest BCUT2D eigenvalue weighted by atomic mass is 16.4. The van der Waals surface area contributed by atoms with Crippen molar-refractivity contribution >= 4 is 17.7 Å². The molecule has 0 bridgehead atoms. The van der Waals surface area contributed by atoms with E-state index in [1.165, 1.54) is 0 Å². The Kier molecular flexibility index (Phi) is 6.73. The summed E-state index contributed by atoms with van der Waals surface area (Å²) in [6, 6.07) is 23.3. The Morgan fingerprint density at radius 3 is 2.31 bits per heavy atom. The molecule has 0 atom stereocenters. The Morgan fingerprint density at radius 1 is 0.944 bits per heavy atom. The number of carbonyl (C=O) groups excluding carboxylic acids is 1. The van der Waals surface area contributed by atoms with E-state index < -0.39 is 11.5 Å². The summed E-state index contributed by atoms with van der Waals surface area (Å²) in [6.45, 7) is 2.66. The van der Waals surface area contributed by atoms with Gasteiger partial charge < -0.3 is 5.11 Å². The SMILES string of the molecule is CCCCC1=NC2(CCCC2)C(=O)N1Cc1ccc(-c2cc(-c3ccccc3)ccc2C(=O)O)cc1. The first-order chi connectivity index (χ1) is 17.5. The van der Waals surface area contributed by atoms with Crippen LogP contribution in [-0.2, 0) is 11.3 Å². The average molecular weight is 481 g/mol. The van der Waals surface area contributed by atoms with Crippen LogP contribution in [0.15, 0.2) is 77.8 Å². The summed E-state index contributed by atoms with van der Waals surface area (Å²) in [4.78, 5) is 32.3. The Bertz CT molecular complexity index is 1290. The van der Waals surface area contributed by atoms with Gasteiger partial charge >= 0.3 is 5.97 Å². The van der Waals surface area contributed by atoms with Crippen molar-refractivity contribution in [2.24, 2.45) is 4.99 Å². The van der Waals surface area contributed by atoms with Crippen molar-refractivity contribution in [1.29, 1.82) is 0 Å². The number of amidine groups is 1. The number of aromatic carboxylic acids is 1. The number of amides is 1. The van der Waals surface area contributed by atoms with Gasteiger partial charge in [0.25, 0.3) is 5.91 Å². The van der Waals surface area contributed by atoms with Crippen LogP contribution in [0.4, 0.5) is 0 Å². The minimum atomic E-state index is -0.949. The monoisotopic (exact) mass is 480 g/mol. The Morgan fingerprint density at radius 2 is 1.64 bits per heavy atom. The molecule has 0 unspecified atom stereocenters. The molecule has 3 aromatic carbocycles. The van der Waals surface area contributed by atoms with E-state index in [9.17, 15) is 14.7 Å². The zero-order valence-electron chi connectivity index (χ0n) is 20.7. The molecular weight excluding hydrogens is 448 g/mol. The van der Waals surface area contributed by atoms with Crippen LogP contribution >= 0.6 is 0 Å². The summed E-state index contributed by atoms with van der Waals surface area (Å²) in [7, 11) is 0. The largest absolute Gasteiger partial charge is 0.478 e. The van der Waals surface area contributed by atoms with Crippen LogP contribution in [0.5, 0.6) is 0 Å². The number of aliphatic imine (C=N–C) groups is 1. The molecule has 1 N–H and O–H groups in total. The molecule has 184 valence electrons. The first kappa shape index (κ1) is 24.0. The normalized spacial score (nSPS) is 16.5. The third kappa shape index (κ3) is 4.58. The lowest BCUT2D eigenvalue weighted by atomic mass is 9.94. The number of benzene rings is 3. The van der Waals surface area contributed by atoms with Gasteiger partial charge in [0.15, 0.2) is 0 Å². The zero-order chi connectivity index (χ0) is 25.1. The quantitative estimate of drug-likeness (QED) is 0.379. The predicted octanol–water partition coefficient (Wildman–Crippen LogP) is 6.96. The van der Waals surface area contributed by atoms with Crippen LogP contribution in [0.3, 0.4) is 0 Å². The lowest BCUT2D eigenvalue weighted by molar-refractivity contribution is -0.131. The third-order valence-electron chi connectivity index (χ3n) is 7.45. The molecule has 5 heteroatoms. The maximum Gasteiger partial charge on any atom is 0.336 e. The second-order valence-corrected chi connectivity index (χ2v) is 9.89. The van der Waals surface area contributed by atoms with Crippen molar-refractivity contribution in [3.63, 3.8) is 0 Å². The van der Waals surface area contributed by atoms with Crippen molar-refractivity contribution < 1.29 is 14.7 Å². The number of rotatable bonds is 8. The number of carboxylic acid groups (broad SMARTS) is 1. The van der Waals surface area contributed by atoms with Gasteiger partial charge in [-0.15, -0.1) is 0 Å². The Labute approximate surface area is 212 Å². The number of nitrogens with zero attached hydrogens (tertiary/aromatic N) is 2. The number of carboxylic acids is 1. The number of carbonyl (C=O) groups is 2. The van der Waals surface area contributed by atoms with Gasteiger partial charge in [0.1, 0.15) is 11.4 Å². The molecule has 3 aromatic rings. The van der Waals surface area contributed by atoms with Crippen molar-refractivity contribution in [3.05, 3.63) is 83.9 Å². The van der Waals surface area contributed by atoms with Crippen molar-refractivity contribution in [1.82, 2.24) is 4.90 Å². The summed E-state index contributed by atoms with van der Waals surface area (Å²) in [5.41, 5.74) is 4.30. The molecule has 2 aliphatic rings. The van der Waals surface area contributed by atoms with Crippen LogP contribution in [0, 0.1) is 0 Å². The lowest BCUT2D eigenvalue weighted by Crippen LogP contribution is -2.40. The van der Waals surface area contributed by atoms with Crippen molar-refractivity contribution in [2.75, 3.05) is 0 Å². The fraction of sp³-hybridized carbons (Fsp3) is 0.323. The first-order valence-electron chi connectivity index (χ1n) is 12.9. The standard InChI is InChI=1S/C31H32N2O3/c1-2-3-11-28-32-31(18-7-8-19-31)30(36)33(28)21-22-12-14-24(15-13-22)27-20-25(16-17-26(27)29(34)35)23-9-5-4-6-10-23/h4-6,9-10,12-17,20H,2-3,7-8,11,18-19,21H2,1H3,(H,34,35). The number of hydrogen-bond acceptors (Lipinski definition) is 3. The van der Waals surface area contributed by atoms with E-state index >= 15 is 0 Å². The van der Waals surface area contributed by atoms with E-state index in [-0.39, 0.29) is 11.5 Å². The number of hydrogen-bond donors (Lipinski definition) is 1. The van der Waals surface area contributed by atoms with Gasteiger partial charge in [-0.05, 0) is 59.2 Å². The van der Waals surface area contributed by atoms with E-state index in [2.05, 4.69) is 6.92 Å². The first-order valence-corrected chi connectivity index (χ1v) is 12.9. The van der Waals surface area contributed by atoms with Gasteiger partial charge in [0, 0.05) is 6.42 Å². The molecule has 5 nitrogen and oxygen atoms in total. The highest BCUT2D eigenvalue weighted by Crippen LogP contribution is 2.40. The van der Waals surface area contributed by atoms with E-state index in [0.29, 0.717) is 12.1 Å². The average Bonchev–Trinajstić information content (AvgIpc) is 3.48. The second-order valence-electron chi connectivity index (χ2n) is 9.89.